The summed E-state index contributed by atoms with van der Waals surface area (Å²) >= 11 is 0. The van der Waals surface area contributed by atoms with Crippen LogP contribution in [0.25, 0.3) is 0 Å². The first-order valence-corrected chi connectivity index (χ1v) is 8.39. The molecule has 7 heteroatoms. The molecule has 140 valence electrons. The number of nitriles is 1. The van der Waals surface area contributed by atoms with E-state index in [0.29, 0.717) is 31.0 Å². The Hall–Kier alpha value is -3.53. The van der Waals surface area contributed by atoms with Gasteiger partial charge in [0.25, 0.3) is 5.91 Å². The van der Waals surface area contributed by atoms with Gasteiger partial charge in [0.15, 0.2) is 11.5 Å². The van der Waals surface area contributed by atoms with E-state index in [2.05, 4.69) is 15.6 Å². The highest BCUT2D eigenvalue weighted by atomic mass is 16.5. The number of hydrogen-bond acceptors (Lipinski definition) is 6. The van der Waals surface area contributed by atoms with Crippen molar-refractivity contribution < 1.29 is 14.3 Å². The van der Waals surface area contributed by atoms with Gasteiger partial charge in [-0.1, -0.05) is 12.1 Å². The number of methoxy groups -OCH3 is 2. The molecular formula is C20H22N4O3. The van der Waals surface area contributed by atoms with Crippen molar-refractivity contribution in [1.29, 1.82) is 5.26 Å². The van der Waals surface area contributed by atoms with E-state index in [-0.39, 0.29) is 5.57 Å². The second-order valence-corrected chi connectivity index (χ2v) is 5.61. The van der Waals surface area contributed by atoms with Gasteiger partial charge in [0.2, 0.25) is 0 Å². The van der Waals surface area contributed by atoms with E-state index in [4.69, 9.17) is 9.47 Å². The molecule has 27 heavy (non-hydrogen) atoms. The zero-order chi connectivity index (χ0) is 19.5. The molecule has 0 unspecified atom stereocenters. The molecule has 7 nitrogen and oxygen atoms in total. The van der Waals surface area contributed by atoms with E-state index in [0.717, 1.165) is 11.1 Å². The summed E-state index contributed by atoms with van der Waals surface area (Å²) in [6, 6.07) is 11.2. The fourth-order valence-electron chi connectivity index (χ4n) is 2.36. The summed E-state index contributed by atoms with van der Waals surface area (Å²) in [4.78, 5) is 16.1. The maximum Gasteiger partial charge on any atom is 0.263 e. The first-order chi connectivity index (χ1) is 13.2. The fraction of sp³-hybridized carbons (Fsp3) is 0.250. The summed E-state index contributed by atoms with van der Waals surface area (Å²) in [6.45, 7) is 0.883. The largest absolute Gasteiger partial charge is 0.493 e. The summed E-state index contributed by atoms with van der Waals surface area (Å²) in [6.07, 6.45) is 5.46. The zero-order valence-corrected chi connectivity index (χ0v) is 15.4. The number of nitrogens with one attached hydrogen (secondary N) is 2. The third-order valence-corrected chi connectivity index (χ3v) is 3.79. The zero-order valence-electron chi connectivity index (χ0n) is 15.4. The van der Waals surface area contributed by atoms with Crippen molar-refractivity contribution in [2.24, 2.45) is 0 Å². The monoisotopic (exact) mass is 366 g/mol. The summed E-state index contributed by atoms with van der Waals surface area (Å²) in [7, 11) is 3.18. The van der Waals surface area contributed by atoms with Crippen LogP contribution in [0.2, 0.25) is 0 Å². The highest BCUT2D eigenvalue weighted by molar-refractivity contribution is 5.97. The number of rotatable bonds is 9. The average molecular weight is 366 g/mol. The Morgan fingerprint density at radius 3 is 2.70 bits per heavy atom. The molecule has 0 aliphatic carbocycles. The molecule has 0 spiro atoms. The minimum Gasteiger partial charge on any atom is -0.493 e. The van der Waals surface area contributed by atoms with Crippen LogP contribution in [0.1, 0.15) is 11.1 Å². The first-order valence-electron chi connectivity index (χ1n) is 8.39. The minimum atomic E-state index is -0.431. The quantitative estimate of drug-likeness (QED) is 0.400. The van der Waals surface area contributed by atoms with Gasteiger partial charge < -0.3 is 20.1 Å². The van der Waals surface area contributed by atoms with Crippen molar-refractivity contribution in [2.45, 2.75) is 13.0 Å². The molecule has 2 aromatic rings. The van der Waals surface area contributed by atoms with Gasteiger partial charge in [-0.3, -0.25) is 9.78 Å². The Balaban J connectivity index is 1.84. The van der Waals surface area contributed by atoms with E-state index >= 15 is 0 Å². The predicted octanol–water partition coefficient (Wildman–Crippen LogP) is 1.95. The number of carbonyl (C=O) groups is 1. The van der Waals surface area contributed by atoms with Gasteiger partial charge in [-0.05, 0) is 35.7 Å². The molecule has 0 atom stereocenters. The second-order valence-electron chi connectivity index (χ2n) is 5.61. The van der Waals surface area contributed by atoms with Crippen LogP contribution in [0.15, 0.2) is 54.5 Å². The fourth-order valence-corrected chi connectivity index (χ4v) is 2.36. The molecule has 0 fully saturated rings. The van der Waals surface area contributed by atoms with Crippen molar-refractivity contribution in [2.75, 3.05) is 20.8 Å². The van der Waals surface area contributed by atoms with Crippen LogP contribution in [-0.4, -0.2) is 31.7 Å². The van der Waals surface area contributed by atoms with E-state index in [9.17, 15) is 10.1 Å². The molecule has 0 radical (unpaired) electrons. The standard InChI is InChI=1S/C20H22N4O3/c1-26-18-6-5-15(10-19(18)27-2)7-9-23-14-17(11-21)20(25)24-13-16-4-3-8-22-12-16/h3-6,8,10,12,14,23H,7,9,13H2,1-2H3,(H,24,25)/b17-14-. The summed E-state index contributed by atoms with van der Waals surface area (Å²) < 4.78 is 10.5. The first kappa shape index (κ1) is 19.8. The van der Waals surface area contributed by atoms with Gasteiger partial charge in [-0.15, -0.1) is 0 Å². The average Bonchev–Trinajstić information content (AvgIpc) is 2.72. The summed E-state index contributed by atoms with van der Waals surface area (Å²) in [5, 5.41) is 14.9. The third kappa shape index (κ3) is 6.04. The lowest BCUT2D eigenvalue weighted by Crippen LogP contribution is -2.25. The van der Waals surface area contributed by atoms with E-state index in [1.807, 2.05) is 30.3 Å². The minimum absolute atomic E-state index is 0.0196. The van der Waals surface area contributed by atoms with Gasteiger partial charge in [-0.2, -0.15) is 5.26 Å². The maximum atomic E-state index is 12.1. The Morgan fingerprint density at radius 2 is 2.04 bits per heavy atom. The normalized spacial score (nSPS) is 10.6. The van der Waals surface area contributed by atoms with Crippen LogP contribution < -0.4 is 20.1 Å². The van der Waals surface area contributed by atoms with Crippen molar-refractivity contribution in [3.8, 4) is 17.6 Å². The molecule has 0 saturated carbocycles. The molecule has 0 bridgehead atoms. The number of ether oxygens (including phenoxy) is 2. The van der Waals surface area contributed by atoms with Crippen molar-refractivity contribution >= 4 is 5.91 Å². The number of amides is 1. The van der Waals surface area contributed by atoms with E-state index < -0.39 is 5.91 Å². The van der Waals surface area contributed by atoms with Gasteiger partial charge in [0, 0.05) is 31.7 Å². The molecular weight excluding hydrogens is 344 g/mol. The molecule has 1 amide bonds. The molecule has 0 aliphatic heterocycles. The lowest BCUT2D eigenvalue weighted by atomic mass is 10.1. The van der Waals surface area contributed by atoms with Crippen LogP contribution in [-0.2, 0) is 17.8 Å². The third-order valence-electron chi connectivity index (χ3n) is 3.79. The lowest BCUT2D eigenvalue weighted by molar-refractivity contribution is -0.117. The summed E-state index contributed by atoms with van der Waals surface area (Å²) in [5.41, 5.74) is 1.93. The van der Waals surface area contributed by atoms with E-state index in [1.165, 1.54) is 6.20 Å². The Morgan fingerprint density at radius 1 is 1.22 bits per heavy atom. The van der Waals surface area contributed by atoms with Crippen LogP contribution in [0, 0.1) is 11.3 Å². The number of benzene rings is 1. The van der Waals surface area contributed by atoms with Crippen molar-refractivity contribution in [3.05, 3.63) is 65.6 Å². The van der Waals surface area contributed by atoms with Crippen molar-refractivity contribution in [3.63, 3.8) is 0 Å². The molecule has 2 N–H and O–H groups in total. The number of pyridine rings is 1. The number of carbonyl (C=O) groups excluding carboxylic acids is 1. The SMILES string of the molecule is COc1ccc(CCN/C=C(/C#N)C(=O)NCc2cccnc2)cc1OC. The summed E-state index contributed by atoms with van der Waals surface area (Å²) in [5.74, 6) is 0.907. The molecule has 1 aromatic heterocycles. The van der Waals surface area contributed by atoms with Gasteiger partial charge >= 0.3 is 0 Å². The maximum absolute atomic E-state index is 12.1. The number of aromatic nitrogens is 1. The topological polar surface area (TPSA) is 96.3 Å². The van der Waals surface area contributed by atoms with E-state index in [1.54, 1.807) is 32.7 Å². The molecule has 1 aromatic carbocycles. The van der Waals surface area contributed by atoms with Gasteiger partial charge in [0.05, 0.1) is 14.2 Å². The number of nitrogens with zero attached hydrogens (tertiary/aromatic N) is 2. The molecule has 0 aliphatic rings. The van der Waals surface area contributed by atoms with Crippen LogP contribution in [0.3, 0.4) is 0 Å². The Bertz CT molecular complexity index is 829. The Kier molecular flexibility index (Phi) is 7.67. The predicted molar refractivity (Wildman–Crippen MR) is 101 cm³/mol. The van der Waals surface area contributed by atoms with Gasteiger partial charge in [-0.25, -0.2) is 0 Å². The van der Waals surface area contributed by atoms with Crippen LogP contribution >= 0.6 is 0 Å². The second kappa shape index (κ2) is 10.5. The molecule has 0 saturated heterocycles. The smallest absolute Gasteiger partial charge is 0.263 e. The molecule has 1 heterocycles. The highest BCUT2D eigenvalue weighted by Gasteiger charge is 2.08. The lowest BCUT2D eigenvalue weighted by Gasteiger charge is -2.09. The highest BCUT2D eigenvalue weighted by Crippen LogP contribution is 2.27. The van der Waals surface area contributed by atoms with Crippen LogP contribution in [0.4, 0.5) is 0 Å². The molecule has 2 rings (SSSR count). The van der Waals surface area contributed by atoms with Crippen molar-refractivity contribution in [1.82, 2.24) is 15.6 Å². The number of hydrogen-bond donors (Lipinski definition) is 2. The van der Waals surface area contributed by atoms with Crippen LogP contribution in [0.5, 0.6) is 11.5 Å². The Labute approximate surface area is 158 Å². The van der Waals surface area contributed by atoms with Gasteiger partial charge in [0.1, 0.15) is 11.6 Å².